The highest BCUT2D eigenvalue weighted by Gasteiger charge is 2.31. The molecule has 7 nitrogen and oxygen atoms in total. The van der Waals surface area contributed by atoms with Gasteiger partial charge in [0, 0.05) is 17.3 Å². The number of rotatable bonds is 5. The van der Waals surface area contributed by atoms with Gasteiger partial charge in [0.05, 0.1) is 23.2 Å². The summed E-state index contributed by atoms with van der Waals surface area (Å²) in [5, 5.41) is 19.5. The van der Waals surface area contributed by atoms with Crippen molar-refractivity contribution in [2.75, 3.05) is 18.4 Å². The number of hydrogen-bond acceptors (Lipinski definition) is 6. The summed E-state index contributed by atoms with van der Waals surface area (Å²) in [5.74, 6) is -1.34. The molecule has 0 aliphatic carbocycles. The van der Waals surface area contributed by atoms with E-state index in [1.54, 1.807) is 24.3 Å². The van der Waals surface area contributed by atoms with Crippen LogP contribution in [0.25, 0.3) is 0 Å². The number of nitrogens with one attached hydrogen (secondary N) is 3. The molecule has 11 heteroatoms. The van der Waals surface area contributed by atoms with Crippen LogP contribution in [0.1, 0.15) is 34.5 Å². The van der Waals surface area contributed by atoms with E-state index in [-0.39, 0.29) is 43.4 Å². The van der Waals surface area contributed by atoms with E-state index in [9.17, 15) is 14.7 Å². The van der Waals surface area contributed by atoms with E-state index in [2.05, 4.69) is 20.9 Å². The summed E-state index contributed by atoms with van der Waals surface area (Å²) in [5.41, 5.74) is 1.24. The second kappa shape index (κ2) is 12.4. The molecule has 30 heavy (non-hydrogen) atoms. The van der Waals surface area contributed by atoms with Crippen molar-refractivity contribution < 1.29 is 14.7 Å². The van der Waals surface area contributed by atoms with E-state index in [1.165, 1.54) is 11.3 Å². The largest absolute Gasteiger partial charge is 0.391 e. The Morgan fingerprint density at radius 3 is 2.57 bits per heavy atom. The molecule has 3 rings (SSSR count). The number of aromatic nitrogens is 1. The molecule has 1 aliphatic heterocycles. The molecule has 1 aromatic heterocycles. The number of carbonyl (C=O) groups excluding carboxylic acids is 2. The molecule has 1 saturated heterocycles. The Kier molecular flexibility index (Phi) is 11.0. The van der Waals surface area contributed by atoms with Gasteiger partial charge in [0.15, 0.2) is 0 Å². The predicted octanol–water partition coefficient (Wildman–Crippen LogP) is 3.24. The monoisotopic (exact) mass is 494 g/mol. The minimum absolute atomic E-state index is 0. The number of piperidine rings is 1. The molecule has 166 valence electrons. The van der Waals surface area contributed by atoms with Gasteiger partial charge in [0.1, 0.15) is 5.01 Å². The van der Waals surface area contributed by atoms with Crippen LogP contribution >= 0.6 is 47.8 Å². The van der Waals surface area contributed by atoms with Crippen LogP contribution < -0.4 is 16.0 Å². The molecule has 4 N–H and O–H groups in total. The summed E-state index contributed by atoms with van der Waals surface area (Å²) in [6, 6.07) is 6.16. The third-order valence-corrected chi connectivity index (χ3v) is 6.20. The first-order chi connectivity index (χ1) is 13.5. The van der Waals surface area contributed by atoms with Gasteiger partial charge in [-0.3, -0.25) is 9.59 Å². The van der Waals surface area contributed by atoms with E-state index in [4.69, 9.17) is 11.6 Å². The van der Waals surface area contributed by atoms with Crippen molar-refractivity contribution in [3.8, 4) is 0 Å². The zero-order chi connectivity index (χ0) is 20.1. The second-order valence-electron chi connectivity index (χ2n) is 6.74. The molecular formula is C19H25Cl3N4O3S. The van der Waals surface area contributed by atoms with Crippen molar-refractivity contribution in [3.63, 3.8) is 0 Å². The molecule has 0 saturated carbocycles. The summed E-state index contributed by atoms with van der Waals surface area (Å²) >= 11 is 7.21. The highest BCUT2D eigenvalue weighted by molar-refractivity contribution is 7.11. The fraction of sp³-hybridized carbons (Fsp3) is 0.421. The lowest BCUT2D eigenvalue weighted by Crippen LogP contribution is -2.44. The number of carbonyl (C=O) groups is 2. The normalized spacial score (nSPS) is 16.6. The lowest BCUT2D eigenvalue weighted by atomic mass is 9.92. The van der Waals surface area contributed by atoms with Crippen LogP contribution in [0.15, 0.2) is 24.3 Å². The fourth-order valence-electron chi connectivity index (χ4n) is 3.20. The summed E-state index contributed by atoms with van der Waals surface area (Å²) in [7, 11) is 0. The SMILES string of the molecule is Cc1nc(C(NC(=O)C(=O)Nc2ccc(Cl)cc2)C2CCCNC2)sc1CO.Cl.Cl. The van der Waals surface area contributed by atoms with Crippen LogP contribution in [0, 0.1) is 12.8 Å². The Hall–Kier alpha value is -1.42. The molecular weight excluding hydrogens is 471 g/mol. The van der Waals surface area contributed by atoms with Gasteiger partial charge < -0.3 is 21.1 Å². The quantitative estimate of drug-likeness (QED) is 0.477. The Balaban J connectivity index is 0.00000225. The van der Waals surface area contributed by atoms with E-state index in [0.29, 0.717) is 15.7 Å². The number of aliphatic hydroxyl groups is 1. The maximum absolute atomic E-state index is 12.6. The molecule has 1 aromatic carbocycles. The van der Waals surface area contributed by atoms with E-state index in [1.807, 2.05) is 6.92 Å². The highest BCUT2D eigenvalue weighted by Crippen LogP contribution is 2.32. The number of aryl methyl sites for hydroxylation is 1. The van der Waals surface area contributed by atoms with Gasteiger partial charge in [-0.2, -0.15) is 0 Å². The fourth-order valence-corrected chi connectivity index (χ4v) is 4.40. The minimum Gasteiger partial charge on any atom is -0.391 e. The molecule has 2 atom stereocenters. The average Bonchev–Trinajstić information content (AvgIpc) is 3.08. The van der Waals surface area contributed by atoms with Crippen LogP contribution in [-0.2, 0) is 16.2 Å². The van der Waals surface area contributed by atoms with E-state index >= 15 is 0 Å². The van der Waals surface area contributed by atoms with Gasteiger partial charge in [0.2, 0.25) is 0 Å². The average molecular weight is 496 g/mol. The van der Waals surface area contributed by atoms with Crippen molar-refractivity contribution in [1.29, 1.82) is 0 Å². The number of thiazole rings is 1. The van der Waals surface area contributed by atoms with Crippen LogP contribution in [0.3, 0.4) is 0 Å². The topological polar surface area (TPSA) is 103 Å². The van der Waals surface area contributed by atoms with Crippen molar-refractivity contribution in [3.05, 3.63) is 44.9 Å². The third-order valence-electron chi connectivity index (χ3n) is 4.72. The van der Waals surface area contributed by atoms with Gasteiger partial charge >= 0.3 is 11.8 Å². The second-order valence-corrected chi connectivity index (χ2v) is 8.29. The zero-order valence-electron chi connectivity index (χ0n) is 16.3. The Labute approximate surface area is 196 Å². The maximum atomic E-state index is 12.6. The molecule has 2 aromatic rings. The van der Waals surface area contributed by atoms with Crippen LogP contribution in [-0.4, -0.2) is 35.0 Å². The number of hydrogen-bond donors (Lipinski definition) is 4. The van der Waals surface area contributed by atoms with Crippen LogP contribution in [0.4, 0.5) is 5.69 Å². The standard InChI is InChI=1S/C19H23ClN4O3S.2ClH/c1-11-15(10-25)28-19(22-11)16(12-3-2-8-21-9-12)24-18(27)17(26)23-14-6-4-13(20)5-7-14;;/h4-7,12,16,21,25H,2-3,8-10H2,1H3,(H,23,26)(H,24,27);2*1H. The number of amides is 2. The van der Waals surface area contributed by atoms with Gasteiger partial charge in [-0.25, -0.2) is 4.98 Å². The predicted molar refractivity (Wildman–Crippen MR) is 124 cm³/mol. The van der Waals surface area contributed by atoms with Crippen molar-refractivity contribution in [1.82, 2.24) is 15.6 Å². The maximum Gasteiger partial charge on any atom is 0.313 e. The molecule has 0 bridgehead atoms. The minimum atomic E-state index is -0.744. The Morgan fingerprint density at radius 2 is 2.00 bits per heavy atom. The zero-order valence-corrected chi connectivity index (χ0v) is 19.5. The molecule has 0 spiro atoms. The smallest absolute Gasteiger partial charge is 0.313 e. The first-order valence-corrected chi connectivity index (χ1v) is 10.3. The lowest BCUT2D eigenvalue weighted by molar-refractivity contribution is -0.136. The number of aliphatic hydroxyl groups excluding tert-OH is 1. The molecule has 1 fully saturated rings. The van der Waals surface area contributed by atoms with Gasteiger partial charge in [0.25, 0.3) is 0 Å². The number of halogens is 3. The van der Waals surface area contributed by atoms with Gasteiger partial charge in [-0.15, -0.1) is 36.2 Å². The number of nitrogens with zero attached hydrogens (tertiary/aromatic N) is 1. The molecule has 2 heterocycles. The summed E-state index contributed by atoms with van der Waals surface area (Å²) < 4.78 is 0. The van der Waals surface area contributed by atoms with Crippen LogP contribution in [0.2, 0.25) is 5.02 Å². The molecule has 2 amide bonds. The summed E-state index contributed by atoms with van der Waals surface area (Å²) in [6.45, 7) is 3.41. The lowest BCUT2D eigenvalue weighted by Gasteiger charge is -2.30. The molecule has 1 aliphatic rings. The third kappa shape index (κ3) is 6.80. The van der Waals surface area contributed by atoms with Crippen molar-refractivity contribution >= 4 is 65.3 Å². The van der Waals surface area contributed by atoms with Gasteiger partial charge in [-0.05, 0) is 56.5 Å². The number of anilines is 1. The summed E-state index contributed by atoms with van der Waals surface area (Å²) in [6.07, 6.45) is 1.91. The van der Waals surface area contributed by atoms with E-state index < -0.39 is 11.8 Å². The Bertz CT molecular complexity index is 842. The van der Waals surface area contributed by atoms with Crippen molar-refractivity contribution in [2.24, 2.45) is 5.92 Å². The van der Waals surface area contributed by atoms with Gasteiger partial charge in [-0.1, -0.05) is 11.6 Å². The van der Waals surface area contributed by atoms with Crippen molar-refractivity contribution in [2.45, 2.75) is 32.4 Å². The molecule has 2 unspecified atom stereocenters. The first-order valence-electron chi connectivity index (χ1n) is 9.13. The van der Waals surface area contributed by atoms with E-state index in [0.717, 1.165) is 36.5 Å². The highest BCUT2D eigenvalue weighted by atomic mass is 35.5. The molecule has 0 radical (unpaired) electrons. The number of benzene rings is 1. The summed E-state index contributed by atoms with van der Waals surface area (Å²) in [4.78, 5) is 30.2. The van der Waals surface area contributed by atoms with Crippen LogP contribution in [0.5, 0.6) is 0 Å². The first kappa shape index (κ1) is 26.6. The Morgan fingerprint density at radius 1 is 1.30 bits per heavy atom.